The summed E-state index contributed by atoms with van der Waals surface area (Å²) in [6, 6.07) is 12.8. The monoisotopic (exact) mass is 321 g/mol. The molecule has 0 aliphatic rings. The second kappa shape index (κ2) is 7.31. The van der Waals surface area contributed by atoms with Crippen LogP contribution < -0.4 is 5.32 Å². The molecule has 2 aromatic carbocycles. The quantitative estimate of drug-likeness (QED) is 0.818. The van der Waals surface area contributed by atoms with Crippen LogP contribution in [0.2, 0.25) is 10.0 Å². The number of aryl methyl sites for hydroxylation is 2. The molecule has 0 aliphatic heterocycles. The standard InChI is InChI=1S/C18H21Cl2N/c1-12-7-13(2)9-14(8-12)10-16(21-3)11-15-5-4-6-17(19)18(15)20/h4-9,16,21H,10-11H2,1-3H3. The number of likely N-dealkylation sites (N-methyl/N-ethyl adjacent to an activating group) is 1. The van der Waals surface area contributed by atoms with Crippen LogP contribution in [0, 0.1) is 13.8 Å². The smallest absolute Gasteiger partial charge is 0.0624 e. The van der Waals surface area contributed by atoms with Gasteiger partial charge in [-0.1, -0.05) is 64.7 Å². The van der Waals surface area contributed by atoms with Gasteiger partial charge in [0.25, 0.3) is 0 Å². The summed E-state index contributed by atoms with van der Waals surface area (Å²) in [5, 5.41) is 4.67. The molecule has 0 saturated carbocycles. The highest BCUT2D eigenvalue weighted by Crippen LogP contribution is 2.27. The summed E-state index contributed by atoms with van der Waals surface area (Å²) >= 11 is 12.4. The SMILES string of the molecule is CNC(Cc1cc(C)cc(C)c1)Cc1cccc(Cl)c1Cl. The highest BCUT2D eigenvalue weighted by molar-refractivity contribution is 6.42. The van der Waals surface area contributed by atoms with Gasteiger partial charge in [0.1, 0.15) is 0 Å². The lowest BCUT2D eigenvalue weighted by Gasteiger charge is -2.18. The van der Waals surface area contributed by atoms with Gasteiger partial charge in [0, 0.05) is 6.04 Å². The highest BCUT2D eigenvalue weighted by Gasteiger charge is 2.12. The molecular weight excluding hydrogens is 301 g/mol. The van der Waals surface area contributed by atoms with Crippen LogP contribution in [0.5, 0.6) is 0 Å². The summed E-state index contributed by atoms with van der Waals surface area (Å²) in [7, 11) is 1.99. The molecule has 112 valence electrons. The molecule has 0 spiro atoms. The lowest BCUT2D eigenvalue weighted by atomic mass is 9.97. The fourth-order valence-electron chi connectivity index (χ4n) is 2.72. The predicted octanol–water partition coefficient (Wildman–Crippen LogP) is 4.98. The van der Waals surface area contributed by atoms with Crippen molar-refractivity contribution in [1.82, 2.24) is 5.32 Å². The zero-order valence-corrected chi connectivity index (χ0v) is 14.2. The molecule has 0 aromatic heterocycles. The van der Waals surface area contributed by atoms with Crippen molar-refractivity contribution < 1.29 is 0 Å². The van der Waals surface area contributed by atoms with Gasteiger partial charge in [-0.3, -0.25) is 0 Å². The first kappa shape index (κ1) is 16.4. The lowest BCUT2D eigenvalue weighted by molar-refractivity contribution is 0.556. The van der Waals surface area contributed by atoms with E-state index in [2.05, 4.69) is 37.4 Å². The Morgan fingerprint density at radius 1 is 1.00 bits per heavy atom. The van der Waals surface area contributed by atoms with Gasteiger partial charge in [-0.15, -0.1) is 0 Å². The number of hydrogen-bond donors (Lipinski definition) is 1. The molecule has 0 fully saturated rings. The van der Waals surface area contributed by atoms with Crippen LogP contribution in [0.15, 0.2) is 36.4 Å². The van der Waals surface area contributed by atoms with Crippen LogP contribution in [-0.2, 0) is 12.8 Å². The molecule has 0 amide bonds. The van der Waals surface area contributed by atoms with Gasteiger partial charge < -0.3 is 5.32 Å². The maximum atomic E-state index is 6.29. The fourth-order valence-corrected chi connectivity index (χ4v) is 3.12. The van der Waals surface area contributed by atoms with E-state index in [0.29, 0.717) is 16.1 Å². The molecule has 21 heavy (non-hydrogen) atoms. The van der Waals surface area contributed by atoms with Crippen molar-refractivity contribution in [3.8, 4) is 0 Å². The summed E-state index contributed by atoms with van der Waals surface area (Å²) in [5.74, 6) is 0. The normalized spacial score (nSPS) is 12.4. The van der Waals surface area contributed by atoms with Crippen LogP contribution in [0.25, 0.3) is 0 Å². The second-order valence-corrected chi connectivity index (χ2v) is 6.39. The van der Waals surface area contributed by atoms with Gasteiger partial charge >= 0.3 is 0 Å². The van der Waals surface area contributed by atoms with Crippen LogP contribution in [0.3, 0.4) is 0 Å². The Morgan fingerprint density at radius 3 is 2.29 bits per heavy atom. The molecule has 0 saturated heterocycles. The predicted molar refractivity (Wildman–Crippen MR) is 92.6 cm³/mol. The van der Waals surface area contributed by atoms with E-state index in [9.17, 15) is 0 Å². The van der Waals surface area contributed by atoms with E-state index in [1.807, 2.05) is 25.2 Å². The average Bonchev–Trinajstić information content (AvgIpc) is 2.42. The van der Waals surface area contributed by atoms with Gasteiger partial charge in [0.2, 0.25) is 0 Å². The Kier molecular flexibility index (Phi) is 5.69. The molecular formula is C18H21Cl2N. The van der Waals surface area contributed by atoms with Crippen molar-refractivity contribution in [3.63, 3.8) is 0 Å². The molecule has 0 aliphatic carbocycles. The summed E-state index contributed by atoms with van der Waals surface area (Å²) in [5.41, 5.74) is 5.05. The molecule has 0 bridgehead atoms. The van der Waals surface area contributed by atoms with Crippen molar-refractivity contribution in [1.29, 1.82) is 0 Å². The third-order valence-corrected chi connectivity index (χ3v) is 4.53. The molecule has 1 nitrogen and oxygen atoms in total. The number of rotatable bonds is 5. The third-order valence-electron chi connectivity index (χ3n) is 3.67. The van der Waals surface area contributed by atoms with Crippen molar-refractivity contribution >= 4 is 23.2 Å². The first-order valence-corrected chi connectivity index (χ1v) is 7.92. The maximum Gasteiger partial charge on any atom is 0.0624 e. The minimum Gasteiger partial charge on any atom is -0.316 e. The second-order valence-electron chi connectivity index (χ2n) is 5.60. The van der Waals surface area contributed by atoms with Crippen LogP contribution in [-0.4, -0.2) is 13.1 Å². The Labute approximate surface area is 137 Å². The summed E-state index contributed by atoms with van der Waals surface area (Å²) in [4.78, 5) is 0. The highest BCUT2D eigenvalue weighted by atomic mass is 35.5. The summed E-state index contributed by atoms with van der Waals surface area (Å²) in [6.45, 7) is 4.28. The largest absolute Gasteiger partial charge is 0.316 e. The summed E-state index contributed by atoms with van der Waals surface area (Å²) in [6.07, 6.45) is 1.84. The van der Waals surface area contributed by atoms with E-state index in [4.69, 9.17) is 23.2 Å². The fraction of sp³-hybridized carbons (Fsp3) is 0.333. The lowest BCUT2D eigenvalue weighted by Crippen LogP contribution is -2.30. The molecule has 1 atom stereocenters. The zero-order chi connectivity index (χ0) is 15.4. The molecule has 2 rings (SSSR count). The van der Waals surface area contributed by atoms with E-state index in [-0.39, 0.29) is 0 Å². The van der Waals surface area contributed by atoms with E-state index in [1.165, 1.54) is 16.7 Å². The third kappa shape index (κ3) is 4.47. The van der Waals surface area contributed by atoms with Crippen LogP contribution in [0.4, 0.5) is 0 Å². The van der Waals surface area contributed by atoms with Crippen molar-refractivity contribution in [3.05, 3.63) is 68.7 Å². The summed E-state index contributed by atoms with van der Waals surface area (Å²) < 4.78 is 0. The molecule has 1 unspecified atom stereocenters. The van der Waals surface area contributed by atoms with Gasteiger partial charge in [-0.25, -0.2) is 0 Å². The molecule has 1 N–H and O–H groups in total. The number of hydrogen-bond acceptors (Lipinski definition) is 1. The molecule has 0 radical (unpaired) electrons. The van der Waals surface area contributed by atoms with Crippen molar-refractivity contribution in [2.75, 3.05) is 7.05 Å². The van der Waals surface area contributed by atoms with Gasteiger partial charge in [-0.05, 0) is 50.9 Å². The van der Waals surface area contributed by atoms with Crippen LogP contribution in [0.1, 0.15) is 22.3 Å². The first-order chi connectivity index (χ1) is 9.99. The van der Waals surface area contributed by atoms with Crippen molar-refractivity contribution in [2.45, 2.75) is 32.7 Å². The van der Waals surface area contributed by atoms with Gasteiger partial charge in [0.15, 0.2) is 0 Å². The zero-order valence-electron chi connectivity index (χ0n) is 12.7. The number of halogens is 2. The first-order valence-electron chi connectivity index (χ1n) is 7.17. The Hall–Kier alpha value is -1.02. The van der Waals surface area contributed by atoms with Crippen LogP contribution >= 0.6 is 23.2 Å². The Morgan fingerprint density at radius 2 is 1.67 bits per heavy atom. The number of nitrogens with one attached hydrogen (secondary N) is 1. The number of benzene rings is 2. The van der Waals surface area contributed by atoms with Crippen molar-refractivity contribution in [2.24, 2.45) is 0 Å². The molecule has 3 heteroatoms. The van der Waals surface area contributed by atoms with E-state index < -0.39 is 0 Å². The Balaban J connectivity index is 2.15. The van der Waals surface area contributed by atoms with E-state index >= 15 is 0 Å². The van der Waals surface area contributed by atoms with Gasteiger partial charge in [0.05, 0.1) is 10.0 Å². The van der Waals surface area contributed by atoms with Gasteiger partial charge in [-0.2, -0.15) is 0 Å². The maximum absolute atomic E-state index is 6.29. The topological polar surface area (TPSA) is 12.0 Å². The molecule has 0 heterocycles. The average molecular weight is 322 g/mol. The minimum absolute atomic E-state index is 0.335. The Bertz CT molecular complexity index is 602. The van der Waals surface area contributed by atoms with E-state index in [1.54, 1.807) is 0 Å². The minimum atomic E-state index is 0.335. The van der Waals surface area contributed by atoms with E-state index in [0.717, 1.165) is 18.4 Å². The molecule has 2 aromatic rings.